The fourth-order valence-corrected chi connectivity index (χ4v) is 1.54. The quantitative estimate of drug-likeness (QED) is 0.847. The second kappa shape index (κ2) is 6.30. The number of carbonyl (C=O) groups excluding carboxylic acids is 1. The third-order valence-electron chi connectivity index (χ3n) is 1.89. The Balaban J connectivity index is 2.46. The first-order chi connectivity index (χ1) is 7.22. The van der Waals surface area contributed by atoms with Crippen molar-refractivity contribution in [3.63, 3.8) is 0 Å². The van der Waals surface area contributed by atoms with Crippen LogP contribution in [0.3, 0.4) is 0 Å². The van der Waals surface area contributed by atoms with E-state index in [-0.39, 0.29) is 5.12 Å². The van der Waals surface area contributed by atoms with Gasteiger partial charge in [0, 0.05) is 25.4 Å². The lowest BCUT2D eigenvalue weighted by atomic mass is 10.2. The van der Waals surface area contributed by atoms with Gasteiger partial charge in [-0.15, -0.1) is 0 Å². The van der Waals surface area contributed by atoms with E-state index in [1.54, 1.807) is 6.92 Å². The molecule has 0 aromatic heterocycles. The van der Waals surface area contributed by atoms with Gasteiger partial charge in [0.2, 0.25) is 0 Å². The van der Waals surface area contributed by atoms with E-state index < -0.39 is 0 Å². The molecule has 0 saturated carbocycles. The molecule has 0 fully saturated rings. The van der Waals surface area contributed by atoms with Crippen LogP contribution in [-0.2, 0) is 4.79 Å². The summed E-state index contributed by atoms with van der Waals surface area (Å²) in [4.78, 5) is 10.7. The zero-order valence-corrected chi connectivity index (χ0v) is 9.80. The van der Waals surface area contributed by atoms with Crippen LogP contribution in [0.4, 0.5) is 5.69 Å². The molecule has 15 heavy (non-hydrogen) atoms. The summed E-state index contributed by atoms with van der Waals surface area (Å²) in [5.74, 6) is 0.739. The van der Waals surface area contributed by atoms with Crippen molar-refractivity contribution in [1.82, 2.24) is 0 Å². The van der Waals surface area contributed by atoms with Crippen LogP contribution in [0.2, 0.25) is 0 Å². The predicted molar refractivity (Wildman–Crippen MR) is 68.2 cm³/mol. The van der Waals surface area contributed by atoms with Crippen molar-refractivity contribution in [1.29, 1.82) is 0 Å². The summed E-state index contributed by atoms with van der Waals surface area (Å²) < 4.78 is 0. The molecule has 0 unspecified atom stereocenters. The van der Waals surface area contributed by atoms with E-state index in [9.17, 15) is 4.79 Å². The third-order valence-corrected chi connectivity index (χ3v) is 2.66. The van der Waals surface area contributed by atoms with Gasteiger partial charge in [0.25, 0.3) is 0 Å². The molecule has 0 saturated heterocycles. The fraction of sp³-hybridized carbons (Fsp3) is 0.250. The van der Waals surface area contributed by atoms with Gasteiger partial charge in [-0.25, -0.2) is 0 Å². The number of rotatable bonds is 4. The molecule has 1 N–H and O–H groups in total. The number of thioether (sulfide) groups is 1. The van der Waals surface area contributed by atoms with E-state index in [4.69, 9.17) is 0 Å². The van der Waals surface area contributed by atoms with Crippen LogP contribution >= 0.6 is 11.8 Å². The number of carbonyl (C=O) groups is 1. The van der Waals surface area contributed by atoms with Gasteiger partial charge in [0.1, 0.15) is 0 Å². The van der Waals surface area contributed by atoms with Gasteiger partial charge in [-0.2, -0.15) is 0 Å². The summed E-state index contributed by atoms with van der Waals surface area (Å²) >= 11 is 1.32. The largest absolute Gasteiger partial charge is 0.388 e. The van der Waals surface area contributed by atoms with Gasteiger partial charge < -0.3 is 5.32 Å². The molecule has 0 heterocycles. The molecular weight excluding hydrogens is 206 g/mol. The van der Waals surface area contributed by atoms with Crippen LogP contribution < -0.4 is 5.32 Å². The zero-order valence-electron chi connectivity index (χ0n) is 8.99. The highest BCUT2D eigenvalue weighted by Crippen LogP contribution is 2.10. The maximum Gasteiger partial charge on any atom is 0.186 e. The Hall–Kier alpha value is -1.22. The van der Waals surface area contributed by atoms with E-state index in [2.05, 4.69) is 5.32 Å². The molecule has 1 aromatic rings. The van der Waals surface area contributed by atoms with Gasteiger partial charge in [-0.1, -0.05) is 36.0 Å². The topological polar surface area (TPSA) is 29.1 Å². The van der Waals surface area contributed by atoms with Gasteiger partial charge in [-0.3, -0.25) is 4.79 Å². The van der Waals surface area contributed by atoms with Gasteiger partial charge in [0.15, 0.2) is 5.12 Å². The molecule has 0 atom stereocenters. The van der Waals surface area contributed by atoms with Crippen LogP contribution in [0, 0.1) is 0 Å². The molecule has 1 rings (SSSR count). The average molecular weight is 221 g/mol. The third kappa shape index (κ3) is 4.70. The predicted octanol–water partition coefficient (Wildman–Crippen LogP) is 3.02. The minimum atomic E-state index is 0.158. The zero-order chi connectivity index (χ0) is 11.1. The van der Waals surface area contributed by atoms with E-state index in [1.807, 2.05) is 43.5 Å². The van der Waals surface area contributed by atoms with Crippen molar-refractivity contribution in [2.24, 2.45) is 0 Å². The molecule has 0 spiro atoms. The summed E-state index contributed by atoms with van der Waals surface area (Å²) in [5, 5.41) is 3.22. The molecule has 0 radical (unpaired) electrons. The van der Waals surface area contributed by atoms with Crippen LogP contribution in [0.1, 0.15) is 12.5 Å². The van der Waals surface area contributed by atoms with Crippen LogP contribution in [-0.4, -0.2) is 17.9 Å². The number of benzene rings is 1. The van der Waals surface area contributed by atoms with Crippen molar-refractivity contribution in [3.05, 3.63) is 35.9 Å². The van der Waals surface area contributed by atoms with Crippen molar-refractivity contribution >= 4 is 28.6 Å². The number of hydrogen-bond donors (Lipinski definition) is 1. The highest BCUT2D eigenvalue weighted by molar-refractivity contribution is 8.13. The smallest absolute Gasteiger partial charge is 0.186 e. The molecule has 0 aliphatic rings. The molecule has 1 aromatic carbocycles. The molecule has 0 aliphatic heterocycles. The van der Waals surface area contributed by atoms with Crippen molar-refractivity contribution in [2.75, 3.05) is 18.1 Å². The maximum absolute atomic E-state index is 10.7. The lowest BCUT2D eigenvalue weighted by molar-refractivity contribution is -0.109. The first-order valence-electron chi connectivity index (χ1n) is 4.80. The van der Waals surface area contributed by atoms with Gasteiger partial charge >= 0.3 is 0 Å². The van der Waals surface area contributed by atoms with Crippen molar-refractivity contribution in [3.8, 4) is 0 Å². The monoisotopic (exact) mass is 221 g/mol. The number of hydrogen-bond acceptors (Lipinski definition) is 3. The normalized spacial score (nSPS) is 10.5. The van der Waals surface area contributed by atoms with E-state index >= 15 is 0 Å². The Bertz CT molecular complexity index is 343. The van der Waals surface area contributed by atoms with E-state index in [0.717, 1.165) is 17.0 Å². The lowest BCUT2D eigenvalue weighted by Gasteiger charge is -1.99. The summed E-state index contributed by atoms with van der Waals surface area (Å²) in [6.45, 7) is 1.58. The summed E-state index contributed by atoms with van der Waals surface area (Å²) in [7, 11) is 1.90. The minimum Gasteiger partial charge on any atom is -0.388 e. The first kappa shape index (κ1) is 11.9. The van der Waals surface area contributed by atoms with Crippen LogP contribution in [0.15, 0.2) is 30.3 Å². The van der Waals surface area contributed by atoms with Crippen LogP contribution in [0.25, 0.3) is 6.08 Å². The molecule has 0 amide bonds. The van der Waals surface area contributed by atoms with Gasteiger partial charge in [0.05, 0.1) is 0 Å². The Morgan fingerprint density at radius 2 is 2.07 bits per heavy atom. The minimum absolute atomic E-state index is 0.158. The molecule has 2 nitrogen and oxygen atoms in total. The van der Waals surface area contributed by atoms with Gasteiger partial charge in [-0.05, 0) is 17.7 Å². The molecule has 0 bridgehead atoms. The second-order valence-electron chi connectivity index (χ2n) is 3.08. The molecular formula is C12H15NOS. The molecule has 3 heteroatoms. The molecule has 80 valence electrons. The lowest BCUT2D eigenvalue weighted by Crippen LogP contribution is -1.86. The van der Waals surface area contributed by atoms with Crippen LogP contribution in [0.5, 0.6) is 0 Å². The summed E-state index contributed by atoms with van der Waals surface area (Å²) in [6.07, 6.45) is 4.02. The van der Waals surface area contributed by atoms with Crippen molar-refractivity contribution in [2.45, 2.75) is 6.92 Å². The number of anilines is 1. The second-order valence-corrected chi connectivity index (χ2v) is 4.27. The highest BCUT2D eigenvalue weighted by Gasteiger charge is 1.90. The van der Waals surface area contributed by atoms with Crippen molar-refractivity contribution < 1.29 is 4.79 Å². The standard InChI is InChI=1S/C12H15NOS/c1-10(14)15-9-3-4-11-5-7-12(13-2)8-6-11/h3-8,13H,9H2,1-2H3. The Morgan fingerprint density at radius 3 is 2.60 bits per heavy atom. The summed E-state index contributed by atoms with van der Waals surface area (Å²) in [5.41, 5.74) is 2.25. The highest BCUT2D eigenvalue weighted by atomic mass is 32.2. The van der Waals surface area contributed by atoms with E-state index in [0.29, 0.717) is 0 Å². The number of nitrogens with one attached hydrogen (secondary N) is 1. The maximum atomic E-state index is 10.7. The summed E-state index contributed by atoms with van der Waals surface area (Å²) in [6, 6.07) is 8.14. The van der Waals surface area contributed by atoms with E-state index in [1.165, 1.54) is 11.8 Å². The average Bonchev–Trinajstić information content (AvgIpc) is 2.25. The Labute approximate surface area is 94.8 Å². The Kier molecular flexibility index (Phi) is 4.98. The SMILES string of the molecule is CNc1ccc(C=CCSC(C)=O)cc1. The first-order valence-corrected chi connectivity index (χ1v) is 5.78. The fourth-order valence-electron chi connectivity index (χ4n) is 1.11. The molecule has 0 aliphatic carbocycles. The Morgan fingerprint density at radius 1 is 1.40 bits per heavy atom.